The number of carbonyl (C=O) groups excluding carboxylic acids is 1. The van der Waals surface area contributed by atoms with Gasteiger partial charge in [0.25, 0.3) is 0 Å². The summed E-state index contributed by atoms with van der Waals surface area (Å²) in [7, 11) is 3.66. The van der Waals surface area contributed by atoms with Crippen LogP contribution in [0.4, 0.5) is 0 Å². The highest BCUT2D eigenvalue weighted by Gasteiger charge is 2.32. The van der Waals surface area contributed by atoms with Gasteiger partial charge in [0, 0.05) is 11.6 Å². The molecule has 1 aromatic rings. The van der Waals surface area contributed by atoms with Crippen molar-refractivity contribution < 1.29 is 9.53 Å². The Morgan fingerprint density at radius 2 is 1.94 bits per heavy atom. The van der Waals surface area contributed by atoms with Crippen LogP contribution in [0.25, 0.3) is 0 Å². The molecule has 3 nitrogen and oxygen atoms in total. The van der Waals surface area contributed by atoms with Crippen LogP contribution in [-0.2, 0) is 0 Å². The van der Waals surface area contributed by atoms with E-state index < -0.39 is 0 Å². The molecule has 1 atom stereocenters. The van der Waals surface area contributed by atoms with Crippen molar-refractivity contribution in [3.8, 4) is 5.75 Å². The van der Waals surface area contributed by atoms with E-state index in [2.05, 4.69) is 4.90 Å². The predicted octanol–water partition coefficient (Wildman–Crippen LogP) is 2.36. The molecule has 0 radical (unpaired) electrons. The minimum absolute atomic E-state index is 0.0455. The van der Waals surface area contributed by atoms with Crippen molar-refractivity contribution in [3.63, 3.8) is 0 Å². The Hall–Kier alpha value is -1.35. The van der Waals surface area contributed by atoms with Gasteiger partial charge in [-0.15, -0.1) is 0 Å². The third kappa shape index (κ3) is 2.67. The van der Waals surface area contributed by atoms with Gasteiger partial charge in [0.15, 0.2) is 5.78 Å². The monoisotopic (exact) mass is 233 g/mol. The van der Waals surface area contributed by atoms with E-state index in [0.717, 1.165) is 11.3 Å². The second kappa shape index (κ2) is 4.88. The molecule has 2 rings (SSSR count). The number of Topliss-reactive ketones (excluding diaryl/α,β-unsaturated/α-hetero) is 1. The predicted molar refractivity (Wildman–Crippen MR) is 67.6 cm³/mol. The Morgan fingerprint density at radius 1 is 1.35 bits per heavy atom. The maximum absolute atomic E-state index is 12.2. The van der Waals surface area contributed by atoms with Gasteiger partial charge in [-0.1, -0.05) is 0 Å². The quantitative estimate of drug-likeness (QED) is 0.731. The molecule has 92 valence electrons. The van der Waals surface area contributed by atoms with E-state index in [1.165, 1.54) is 12.8 Å². The number of carbonyl (C=O) groups is 1. The van der Waals surface area contributed by atoms with Crippen molar-refractivity contribution in [2.75, 3.05) is 14.2 Å². The van der Waals surface area contributed by atoms with Gasteiger partial charge in [-0.05, 0) is 51.1 Å². The van der Waals surface area contributed by atoms with Gasteiger partial charge in [0.2, 0.25) is 0 Å². The Morgan fingerprint density at radius 3 is 2.41 bits per heavy atom. The van der Waals surface area contributed by atoms with Gasteiger partial charge in [0.1, 0.15) is 5.75 Å². The summed E-state index contributed by atoms with van der Waals surface area (Å²) in [6.45, 7) is 1.98. The maximum Gasteiger partial charge on any atom is 0.179 e. The van der Waals surface area contributed by atoms with Crippen molar-refractivity contribution in [2.24, 2.45) is 0 Å². The molecule has 1 aromatic carbocycles. The summed E-state index contributed by atoms with van der Waals surface area (Å²) in [6.07, 6.45) is 2.44. The van der Waals surface area contributed by atoms with Crippen molar-refractivity contribution in [2.45, 2.75) is 31.8 Å². The lowest BCUT2D eigenvalue weighted by Gasteiger charge is -2.23. The molecule has 1 fully saturated rings. The molecule has 0 spiro atoms. The summed E-state index contributed by atoms with van der Waals surface area (Å²) >= 11 is 0. The summed E-state index contributed by atoms with van der Waals surface area (Å²) in [5.74, 6) is 0.965. The van der Waals surface area contributed by atoms with Crippen LogP contribution in [0.5, 0.6) is 5.75 Å². The minimum Gasteiger partial charge on any atom is -0.497 e. The van der Waals surface area contributed by atoms with Gasteiger partial charge in [-0.2, -0.15) is 0 Å². The number of ketones is 1. The number of likely N-dealkylation sites (N-methyl/N-ethyl adjacent to an activating group) is 1. The molecule has 1 aliphatic rings. The first kappa shape index (κ1) is 12.1. The lowest BCUT2D eigenvalue weighted by molar-refractivity contribution is 0.0861. The van der Waals surface area contributed by atoms with Gasteiger partial charge >= 0.3 is 0 Å². The SMILES string of the molecule is COc1ccc(C(=O)C(C)N(C)C2CC2)cc1. The largest absolute Gasteiger partial charge is 0.497 e. The van der Waals surface area contributed by atoms with E-state index in [9.17, 15) is 4.79 Å². The smallest absolute Gasteiger partial charge is 0.179 e. The summed E-state index contributed by atoms with van der Waals surface area (Å²) in [5, 5.41) is 0. The molecule has 1 saturated carbocycles. The van der Waals surface area contributed by atoms with Crippen molar-refractivity contribution >= 4 is 5.78 Å². The second-order valence-electron chi connectivity index (χ2n) is 4.67. The molecule has 0 amide bonds. The summed E-state index contributed by atoms with van der Waals surface area (Å²) in [6, 6.07) is 7.88. The third-order valence-electron chi connectivity index (χ3n) is 3.49. The standard InChI is InChI=1S/C14H19NO2/c1-10(15(2)12-6-7-12)14(16)11-4-8-13(17-3)9-5-11/h4-5,8-10,12H,6-7H2,1-3H3. The zero-order chi connectivity index (χ0) is 12.4. The molecule has 0 saturated heterocycles. The molecule has 1 aliphatic carbocycles. The Kier molecular flexibility index (Phi) is 3.48. The van der Waals surface area contributed by atoms with Crippen molar-refractivity contribution in [1.29, 1.82) is 0 Å². The number of hydrogen-bond donors (Lipinski definition) is 0. The van der Waals surface area contributed by atoms with Crippen LogP contribution in [-0.4, -0.2) is 36.9 Å². The molecule has 0 aliphatic heterocycles. The molecule has 0 heterocycles. The maximum atomic E-state index is 12.2. The fraction of sp³-hybridized carbons (Fsp3) is 0.500. The summed E-state index contributed by atoms with van der Waals surface area (Å²) in [4.78, 5) is 14.4. The molecular formula is C14H19NO2. The topological polar surface area (TPSA) is 29.5 Å². The molecule has 3 heteroatoms. The van der Waals surface area contributed by atoms with Gasteiger partial charge in [-0.25, -0.2) is 0 Å². The normalized spacial score (nSPS) is 16.9. The molecule has 0 bridgehead atoms. The van der Waals surface area contributed by atoms with Crippen LogP contribution in [0, 0.1) is 0 Å². The van der Waals surface area contributed by atoms with E-state index in [-0.39, 0.29) is 11.8 Å². The highest BCUT2D eigenvalue weighted by atomic mass is 16.5. The second-order valence-corrected chi connectivity index (χ2v) is 4.67. The zero-order valence-corrected chi connectivity index (χ0v) is 10.6. The van der Waals surface area contributed by atoms with E-state index in [1.54, 1.807) is 7.11 Å². The highest BCUT2D eigenvalue weighted by Crippen LogP contribution is 2.28. The Labute approximate surface area is 102 Å². The van der Waals surface area contributed by atoms with Crippen LogP contribution in [0.1, 0.15) is 30.1 Å². The van der Waals surface area contributed by atoms with Gasteiger partial charge in [0.05, 0.1) is 13.2 Å². The highest BCUT2D eigenvalue weighted by molar-refractivity contribution is 5.99. The van der Waals surface area contributed by atoms with E-state index in [0.29, 0.717) is 6.04 Å². The van der Waals surface area contributed by atoms with Crippen LogP contribution in [0.15, 0.2) is 24.3 Å². The summed E-state index contributed by atoms with van der Waals surface area (Å²) < 4.78 is 5.08. The van der Waals surface area contributed by atoms with Crippen LogP contribution >= 0.6 is 0 Å². The van der Waals surface area contributed by atoms with Crippen LogP contribution in [0.2, 0.25) is 0 Å². The number of rotatable bonds is 5. The first-order chi connectivity index (χ1) is 8.13. The van der Waals surface area contributed by atoms with Gasteiger partial charge < -0.3 is 4.74 Å². The first-order valence-electron chi connectivity index (χ1n) is 6.03. The number of ether oxygens (including phenoxy) is 1. The number of methoxy groups -OCH3 is 1. The molecule has 17 heavy (non-hydrogen) atoms. The molecule has 0 aromatic heterocycles. The van der Waals surface area contributed by atoms with Crippen molar-refractivity contribution in [1.82, 2.24) is 4.90 Å². The van der Waals surface area contributed by atoms with E-state index >= 15 is 0 Å². The Bertz CT molecular complexity index is 395. The summed E-state index contributed by atoms with van der Waals surface area (Å²) in [5.41, 5.74) is 0.755. The third-order valence-corrected chi connectivity index (χ3v) is 3.49. The molecular weight excluding hydrogens is 214 g/mol. The first-order valence-corrected chi connectivity index (χ1v) is 6.03. The lowest BCUT2D eigenvalue weighted by Crippen LogP contribution is -2.37. The average Bonchev–Trinajstić information content (AvgIpc) is 3.20. The Balaban J connectivity index is 2.06. The average molecular weight is 233 g/mol. The fourth-order valence-electron chi connectivity index (χ4n) is 1.98. The van der Waals surface area contributed by atoms with Gasteiger partial charge in [-0.3, -0.25) is 9.69 Å². The molecule has 1 unspecified atom stereocenters. The van der Waals surface area contributed by atoms with E-state index in [4.69, 9.17) is 4.74 Å². The number of benzene rings is 1. The number of nitrogens with zero attached hydrogens (tertiary/aromatic N) is 1. The number of hydrogen-bond acceptors (Lipinski definition) is 3. The zero-order valence-electron chi connectivity index (χ0n) is 10.6. The van der Waals surface area contributed by atoms with Crippen LogP contribution < -0.4 is 4.74 Å². The van der Waals surface area contributed by atoms with Crippen LogP contribution in [0.3, 0.4) is 0 Å². The van der Waals surface area contributed by atoms with Crippen molar-refractivity contribution in [3.05, 3.63) is 29.8 Å². The fourth-order valence-corrected chi connectivity index (χ4v) is 1.98. The molecule has 0 N–H and O–H groups in total. The lowest BCUT2D eigenvalue weighted by atomic mass is 10.0. The van der Waals surface area contributed by atoms with E-state index in [1.807, 2.05) is 38.2 Å². The minimum atomic E-state index is -0.0455.